The number of carbonyl (C=O) groups is 3. The van der Waals surface area contributed by atoms with Crippen LogP contribution >= 0.6 is 46.4 Å². The van der Waals surface area contributed by atoms with Gasteiger partial charge in [-0.25, -0.2) is 40.2 Å². The molecule has 27 nitrogen and oxygen atoms in total. The molecule has 3 heterocycles. The lowest BCUT2D eigenvalue weighted by Crippen LogP contribution is -2.57. The number of hydrogen-bond donors (Lipinski definition) is 11. The van der Waals surface area contributed by atoms with Gasteiger partial charge in [-0.05, 0) is 93.6 Å². The Bertz CT molecular complexity index is 3890. The largest absolute Gasteiger partial charge is 0.480 e. The number of nitrogens with two attached hydrogens (primary N) is 6. The second kappa shape index (κ2) is 27.0. The predicted octanol–water partition coefficient (Wildman–Crippen LogP) is 4.68. The highest BCUT2D eigenvalue weighted by Crippen LogP contribution is 2.39. The van der Waals surface area contributed by atoms with E-state index in [1.54, 1.807) is 25.1 Å². The second-order valence-corrected chi connectivity index (χ2v) is 27.2. The third kappa shape index (κ3) is 15.1. The molecule has 17 N–H and O–H groups in total. The number of nitrogens with zero attached hydrogens (tertiary/aromatic N) is 7. The van der Waals surface area contributed by atoms with E-state index < -0.39 is 57.9 Å². The van der Waals surface area contributed by atoms with Gasteiger partial charge >= 0.3 is 5.97 Å². The van der Waals surface area contributed by atoms with Crippen LogP contribution < -0.4 is 53.9 Å². The van der Waals surface area contributed by atoms with Crippen molar-refractivity contribution in [2.45, 2.75) is 108 Å². The summed E-state index contributed by atoms with van der Waals surface area (Å²) in [6.07, 6.45) is 10.4. The van der Waals surface area contributed by atoms with Crippen molar-refractivity contribution in [2.75, 3.05) is 27.2 Å². The van der Waals surface area contributed by atoms with Gasteiger partial charge in [-0.3, -0.25) is 14.4 Å². The number of amides is 1. The van der Waals surface area contributed by atoms with E-state index in [4.69, 9.17) is 80.8 Å². The summed E-state index contributed by atoms with van der Waals surface area (Å²) in [5.74, 6) is -1.71. The van der Waals surface area contributed by atoms with Gasteiger partial charge in [0.25, 0.3) is 0 Å². The summed E-state index contributed by atoms with van der Waals surface area (Å²) in [5.41, 5.74) is 28.6. The zero-order chi connectivity index (χ0) is 63.2. The fraction of sp³-hybridized carbons (Fsp3) is 0.365. The SMILES string of the molecule is CNCCN(C)C(=O)C1(NS(=O)(=O)c2ccc3c(Cl)cnc(N=C(N)N)c3c2)CCCC1.NC(N)=Nc1ncc(Cl)c2ccc(S(=O)(=O)NC3(C(=O)Cl)CCCC3)cc12.NC(N)=Nc1ncc(Cl)c2ccc(S(=O)(=O)NC3(C(=O)O)CCCC3)cc12. The van der Waals surface area contributed by atoms with E-state index in [0.717, 1.165) is 12.8 Å². The fourth-order valence-corrected chi connectivity index (χ4v) is 15.6. The van der Waals surface area contributed by atoms with Crippen LogP contribution in [0.4, 0.5) is 17.5 Å². The highest BCUT2D eigenvalue weighted by molar-refractivity contribution is 7.90. The molecule has 462 valence electrons. The van der Waals surface area contributed by atoms with Crippen LogP contribution in [-0.2, 0) is 44.5 Å². The number of carbonyl (C=O) groups excluding carboxylic acids is 2. The first-order valence-corrected chi connectivity index (χ1v) is 32.3. The Hall–Kier alpha value is -6.84. The highest BCUT2D eigenvalue weighted by Gasteiger charge is 2.47. The maximum absolute atomic E-state index is 13.4. The number of sulfonamides is 3. The smallest absolute Gasteiger partial charge is 0.324 e. The number of hydrogen-bond acceptors (Lipinski definition) is 16. The number of rotatable bonds is 18. The van der Waals surface area contributed by atoms with Crippen LogP contribution in [0.1, 0.15) is 77.0 Å². The molecule has 3 aliphatic rings. The molecule has 3 aromatic heterocycles. The molecule has 6 aromatic rings. The first-order chi connectivity index (χ1) is 40.4. The Balaban J connectivity index is 0.000000185. The molecule has 9 rings (SSSR count). The van der Waals surface area contributed by atoms with Gasteiger partial charge in [0.2, 0.25) is 41.2 Å². The normalized spacial score (nSPS) is 16.1. The van der Waals surface area contributed by atoms with E-state index in [2.05, 4.69) is 49.4 Å². The lowest BCUT2D eigenvalue weighted by Gasteiger charge is -2.33. The number of nitrogens with one attached hydrogen (secondary N) is 4. The molecule has 0 saturated heterocycles. The van der Waals surface area contributed by atoms with Crippen LogP contribution in [0.5, 0.6) is 0 Å². The molecule has 0 atom stereocenters. The number of aliphatic imine (C=N–C) groups is 3. The van der Waals surface area contributed by atoms with Gasteiger partial charge in [-0.15, -0.1) is 0 Å². The summed E-state index contributed by atoms with van der Waals surface area (Å²) in [6, 6.07) is 12.9. The van der Waals surface area contributed by atoms with Crippen molar-refractivity contribution in [1.82, 2.24) is 39.3 Å². The Labute approximate surface area is 515 Å². The number of aromatic nitrogens is 3. The van der Waals surface area contributed by atoms with Crippen LogP contribution in [0.3, 0.4) is 0 Å². The molecule has 3 fully saturated rings. The van der Waals surface area contributed by atoms with Gasteiger partial charge in [0.15, 0.2) is 35.3 Å². The van der Waals surface area contributed by atoms with Gasteiger partial charge in [0.1, 0.15) is 16.6 Å². The lowest BCUT2D eigenvalue weighted by molar-refractivity contribution is -0.143. The van der Waals surface area contributed by atoms with Crippen molar-refractivity contribution >= 4 is 161 Å². The molecular weight excluding hydrogens is 1260 g/mol. The maximum Gasteiger partial charge on any atom is 0.324 e. The Morgan fingerprint density at radius 3 is 1.14 bits per heavy atom. The molecule has 3 saturated carbocycles. The molecule has 1 amide bonds. The topological polar surface area (TPSA) is 457 Å². The number of likely N-dealkylation sites (N-methyl/N-ethyl adjacent to an activating group) is 2. The fourth-order valence-electron chi connectivity index (χ4n) is 10.3. The summed E-state index contributed by atoms with van der Waals surface area (Å²) in [4.78, 5) is 62.0. The molecular formula is C52H63Cl4N17O10S3. The number of carboxylic acids is 1. The third-order valence-corrected chi connectivity index (χ3v) is 20.5. The number of guanidine groups is 3. The van der Waals surface area contributed by atoms with Crippen LogP contribution in [0, 0.1) is 0 Å². The second-order valence-electron chi connectivity index (χ2n) is 20.6. The minimum absolute atomic E-state index is 0.0296. The maximum atomic E-state index is 13.4. The summed E-state index contributed by atoms with van der Waals surface area (Å²) in [6.45, 7) is 1.08. The molecule has 0 spiro atoms. The first kappa shape index (κ1) is 66.7. The molecule has 0 bridgehead atoms. The molecule has 34 heteroatoms. The van der Waals surface area contributed by atoms with Gasteiger partial charge < -0.3 is 49.7 Å². The average Bonchev–Trinajstić information content (AvgIpc) is 1.11. The van der Waals surface area contributed by atoms with Gasteiger partial charge in [0, 0.05) is 71.0 Å². The number of benzene rings is 3. The zero-order valence-electron chi connectivity index (χ0n) is 46.3. The minimum atomic E-state index is -4.11. The zero-order valence-corrected chi connectivity index (χ0v) is 51.8. The van der Waals surface area contributed by atoms with E-state index in [-0.39, 0.29) is 68.8 Å². The number of carboxylic acid groups (broad SMARTS) is 1. The van der Waals surface area contributed by atoms with Gasteiger partial charge in [0.05, 0.1) is 29.8 Å². The number of halogens is 4. The standard InChI is InChI=1S/C20H28ClN7O3S.C16H17Cl2N5O3S.C16H18ClN5O4S/c1-24-9-10-28(2)18(29)20(7-3-4-8-20)27-32(30,31)13-5-6-14-15(11-13)17(26-19(22)23)25-12-16(14)21;17-12-8-21-13(22-15(19)20)11-7-9(3-4-10(11)12)27(25,26)23-16(14(18)24)5-1-2-6-16;17-12-8-20-13(21-15(18)19)11-7-9(3-4-10(11)12)27(25,26)22-16(14(23)24)5-1-2-6-16/h5-6,11-12,24,27H,3-4,7-10H2,1-2H3,(H4,22,23,25,26);3-4,7-8,23H,1-2,5-6H2,(H4,19,20,21,22);3-4,7-8,22H,1-2,5-6H2,(H,23,24)(H4,18,19,20,21). The Kier molecular flexibility index (Phi) is 21.0. The Morgan fingerprint density at radius 2 is 0.837 bits per heavy atom. The highest BCUT2D eigenvalue weighted by atomic mass is 35.5. The lowest BCUT2D eigenvalue weighted by atomic mass is 9.97. The van der Waals surface area contributed by atoms with Crippen LogP contribution in [0.25, 0.3) is 32.3 Å². The van der Waals surface area contributed by atoms with Crippen molar-refractivity contribution in [1.29, 1.82) is 0 Å². The summed E-state index contributed by atoms with van der Waals surface area (Å²) >= 11 is 24.2. The molecule has 0 radical (unpaired) electrons. The summed E-state index contributed by atoms with van der Waals surface area (Å²) < 4.78 is 85.8. The number of pyridine rings is 3. The van der Waals surface area contributed by atoms with Crippen LogP contribution in [0.15, 0.2) is 103 Å². The van der Waals surface area contributed by atoms with Crippen molar-refractivity contribution in [3.8, 4) is 0 Å². The molecule has 3 aromatic carbocycles. The quantitative estimate of drug-likeness (QED) is 0.0316. The molecule has 3 aliphatic carbocycles. The minimum Gasteiger partial charge on any atom is -0.480 e. The van der Waals surface area contributed by atoms with Crippen molar-refractivity contribution in [2.24, 2.45) is 49.4 Å². The summed E-state index contributed by atoms with van der Waals surface area (Å²) in [7, 11) is -8.71. The first-order valence-electron chi connectivity index (χ1n) is 26.4. The molecule has 0 unspecified atom stereocenters. The molecule has 86 heavy (non-hydrogen) atoms. The summed E-state index contributed by atoms with van der Waals surface area (Å²) in [5, 5.41) is 15.4. The van der Waals surface area contributed by atoms with E-state index in [1.165, 1.54) is 67.1 Å². The van der Waals surface area contributed by atoms with Crippen LogP contribution in [-0.4, -0.2) is 129 Å². The monoisotopic (exact) mass is 1320 g/mol. The van der Waals surface area contributed by atoms with E-state index in [9.17, 15) is 44.7 Å². The average molecular weight is 1320 g/mol. The van der Waals surface area contributed by atoms with E-state index >= 15 is 0 Å². The van der Waals surface area contributed by atoms with Crippen molar-refractivity contribution < 1.29 is 44.7 Å². The van der Waals surface area contributed by atoms with Crippen LogP contribution in [0.2, 0.25) is 15.1 Å². The number of fused-ring (bicyclic) bond motifs is 3. The van der Waals surface area contributed by atoms with Crippen molar-refractivity contribution in [3.05, 3.63) is 88.3 Å². The molecule has 0 aliphatic heterocycles. The number of aliphatic carboxylic acids is 1. The van der Waals surface area contributed by atoms with Gasteiger partial charge in [-0.1, -0.05) is 91.5 Å². The van der Waals surface area contributed by atoms with Crippen molar-refractivity contribution in [3.63, 3.8) is 0 Å². The van der Waals surface area contributed by atoms with E-state index in [1.807, 2.05) is 0 Å². The third-order valence-electron chi connectivity index (χ3n) is 14.6. The predicted molar refractivity (Wildman–Crippen MR) is 331 cm³/mol. The van der Waals surface area contributed by atoms with Gasteiger partial charge in [-0.2, -0.15) is 29.1 Å². The Morgan fingerprint density at radius 1 is 0.535 bits per heavy atom. The van der Waals surface area contributed by atoms with E-state index in [0.29, 0.717) is 112 Å².